The molecule has 2 aromatic rings. The van der Waals surface area contributed by atoms with Crippen LogP contribution in [0.5, 0.6) is 0 Å². The van der Waals surface area contributed by atoms with Gasteiger partial charge >= 0.3 is 0 Å². The van der Waals surface area contributed by atoms with Gasteiger partial charge in [0.05, 0.1) is 0 Å². The molecule has 8 heteroatoms. The van der Waals surface area contributed by atoms with Crippen LogP contribution in [-0.2, 0) is 9.59 Å². The second-order valence-electron chi connectivity index (χ2n) is 5.62. The molecule has 6 nitrogen and oxygen atoms in total. The number of benzene rings is 1. The summed E-state index contributed by atoms with van der Waals surface area (Å²) in [6.45, 7) is 5.97. The summed E-state index contributed by atoms with van der Waals surface area (Å²) in [6, 6.07) is 7.55. The number of nitrogens with zero attached hydrogens (tertiary/aromatic N) is 3. The molecule has 1 aliphatic rings. The van der Waals surface area contributed by atoms with Crippen LogP contribution in [0.15, 0.2) is 53.5 Å². The highest BCUT2D eigenvalue weighted by Crippen LogP contribution is 2.32. The van der Waals surface area contributed by atoms with Gasteiger partial charge in [-0.15, -0.1) is 17.9 Å². The minimum absolute atomic E-state index is 0.0857. The molecule has 0 saturated carbocycles. The number of thioether (sulfide) groups is 1. The number of anilines is 1. The molecule has 1 fully saturated rings. The molecule has 1 aromatic carbocycles. The Morgan fingerprint density at radius 3 is 2.96 bits per heavy atom. The molecule has 0 spiro atoms. The zero-order valence-electron chi connectivity index (χ0n) is 14.2. The number of aromatic nitrogens is 1. The lowest BCUT2D eigenvalue weighted by atomic mass is 10.2. The minimum atomic E-state index is -0.502. The van der Waals surface area contributed by atoms with Crippen LogP contribution in [-0.4, -0.2) is 38.7 Å². The number of para-hydroxylation sites is 1. The van der Waals surface area contributed by atoms with Crippen molar-refractivity contribution in [2.45, 2.75) is 18.6 Å². The lowest BCUT2D eigenvalue weighted by Gasteiger charge is -2.13. The van der Waals surface area contributed by atoms with Crippen molar-refractivity contribution < 1.29 is 9.59 Å². The third-order valence-corrected chi connectivity index (χ3v) is 5.57. The molecule has 1 unspecified atom stereocenters. The number of rotatable bonds is 6. The van der Waals surface area contributed by atoms with Crippen LogP contribution in [0.4, 0.5) is 10.8 Å². The summed E-state index contributed by atoms with van der Waals surface area (Å²) in [4.78, 5) is 35.2. The maximum absolute atomic E-state index is 12.7. The van der Waals surface area contributed by atoms with Gasteiger partial charge in [0.25, 0.3) is 0 Å². The zero-order valence-corrected chi connectivity index (χ0v) is 15.8. The third-order valence-electron chi connectivity index (χ3n) is 3.73. The summed E-state index contributed by atoms with van der Waals surface area (Å²) < 4.78 is 0. The molecule has 0 bridgehead atoms. The number of aliphatic imine (C=N–C) groups is 1. The highest BCUT2D eigenvalue weighted by atomic mass is 32.2. The van der Waals surface area contributed by atoms with E-state index in [1.54, 1.807) is 17.2 Å². The molecule has 0 radical (unpaired) electrons. The van der Waals surface area contributed by atoms with Crippen LogP contribution in [0.2, 0.25) is 0 Å². The maximum Gasteiger partial charge on any atom is 0.242 e. The van der Waals surface area contributed by atoms with Gasteiger partial charge in [-0.05, 0) is 18.6 Å². The molecular formula is C18H18N4O2S2. The summed E-state index contributed by atoms with van der Waals surface area (Å²) in [6.07, 6.45) is 3.39. The van der Waals surface area contributed by atoms with Crippen LogP contribution in [0.1, 0.15) is 12.0 Å². The first-order chi connectivity index (χ1) is 12.6. The lowest BCUT2D eigenvalue weighted by molar-refractivity contribution is -0.127. The highest BCUT2D eigenvalue weighted by Gasteiger charge is 2.38. The Morgan fingerprint density at radius 2 is 2.27 bits per heavy atom. The smallest absolute Gasteiger partial charge is 0.242 e. The van der Waals surface area contributed by atoms with Gasteiger partial charge in [0, 0.05) is 30.2 Å². The van der Waals surface area contributed by atoms with Gasteiger partial charge in [-0.25, -0.2) is 4.98 Å². The summed E-state index contributed by atoms with van der Waals surface area (Å²) in [5, 5.41) is 5.33. The van der Waals surface area contributed by atoms with Crippen molar-refractivity contribution in [2.75, 3.05) is 11.9 Å². The normalized spacial score (nSPS) is 18.3. The molecule has 1 atom stereocenters. The van der Waals surface area contributed by atoms with Crippen molar-refractivity contribution in [3.05, 3.63) is 54.1 Å². The fourth-order valence-electron chi connectivity index (χ4n) is 2.46. The molecule has 26 heavy (non-hydrogen) atoms. The molecule has 2 heterocycles. The van der Waals surface area contributed by atoms with Crippen LogP contribution in [0.3, 0.4) is 0 Å². The summed E-state index contributed by atoms with van der Waals surface area (Å²) >= 11 is 2.69. The Morgan fingerprint density at radius 1 is 1.46 bits per heavy atom. The van der Waals surface area contributed by atoms with E-state index in [0.717, 1.165) is 11.3 Å². The molecule has 134 valence electrons. The van der Waals surface area contributed by atoms with Crippen molar-refractivity contribution >= 4 is 50.9 Å². The van der Waals surface area contributed by atoms with Gasteiger partial charge in [-0.3, -0.25) is 14.5 Å². The van der Waals surface area contributed by atoms with Crippen LogP contribution in [0.25, 0.3) is 0 Å². The van der Waals surface area contributed by atoms with E-state index in [-0.39, 0.29) is 18.2 Å². The number of hydrogen-bond acceptors (Lipinski definition) is 6. The molecule has 2 amide bonds. The standard InChI is InChI=1S/C18H18N4O2S2/c1-3-9-22-16(24)14(26-18(22)21-17-19-8-10-25-17)11-15(23)20-13-7-5-4-6-12(13)2/h3-8,10,14H,1,9,11H2,2H3,(H,20,23)/b21-18+. The van der Waals surface area contributed by atoms with Crippen molar-refractivity contribution in [3.63, 3.8) is 0 Å². The minimum Gasteiger partial charge on any atom is -0.326 e. The zero-order chi connectivity index (χ0) is 18.5. The van der Waals surface area contributed by atoms with Gasteiger partial charge in [0.1, 0.15) is 5.25 Å². The quantitative estimate of drug-likeness (QED) is 0.770. The number of amidine groups is 1. The van der Waals surface area contributed by atoms with E-state index in [2.05, 4.69) is 21.9 Å². The van der Waals surface area contributed by atoms with Gasteiger partial charge in [0.15, 0.2) is 5.17 Å². The molecule has 1 aromatic heterocycles. The summed E-state index contributed by atoms with van der Waals surface area (Å²) in [5.41, 5.74) is 1.73. The molecule has 1 saturated heterocycles. The summed E-state index contributed by atoms with van der Waals surface area (Å²) in [5.74, 6) is -0.329. The average Bonchev–Trinajstić information content (AvgIpc) is 3.22. The predicted molar refractivity (Wildman–Crippen MR) is 107 cm³/mol. The molecule has 0 aliphatic carbocycles. The van der Waals surface area contributed by atoms with E-state index in [9.17, 15) is 9.59 Å². The second kappa shape index (κ2) is 8.29. The van der Waals surface area contributed by atoms with E-state index in [0.29, 0.717) is 16.8 Å². The SMILES string of the molecule is C=CCN1C(=O)C(CC(=O)Nc2ccccc2C)S/C1=N/c1nccs1. The number of carbonyl (C=O) groups excluding carboxylic acids is 2. The number of aryl methyl sites for hydroxylation is 1. The number of amides is 2. The number of thiazole rings is 1. The Labute approximate surface area is 160 Å². The Kier molecular flexibility index (Phi) is 5.85. The average molecular weight is 387 g/mol. The number of carbonyl (C=O) groups is 2. The van der Waals surface area contributed by atoms with E-state index >= 15 is 0 Å². The van der Waals surface area contributed by atoms with Gasteiger partial charge in [-0.1, -0.05) is 36.0 Å². The summed E-state index contributed by atoms with van der Waals surface area (Å²) in [7, 11) is 0. The first kappa shape index (κ1) is 18.3. The Balaban J connectivity index is 1.72. The van der Waals surface area contributed by atoms with Crippen molar-refractivity contribution in [3.8, 4) is 0 Å². The second-order valence-corrected chi connectivity index (χ2v) is 7.66. The largest absolute Gasteiger partial charge is 0.326 e. The Hall–Kier alpha value is -2.45. The van der Waals surface area contributed by atoms with Gasteiger partial charge in [-0.2, -0.15) is 4.99 Å². The fraction of sp³-hybridized carbons (Fsp3) is 0.222. The first-order valence-electron chi connectivity index (χ1n) is 8.01. The van der Waals surface area contributed by atoms with E-state index < -0.39 is 5.25 Å². The highest BCUT2D eigenvalue weighted by molar-refractivity contribution is 8.15. The van der Waals surface area contributed by atoms with Crippen LogP contribution in [0, 0.1) is 6.92 Å². The monoisotopic (exact) mass is 386 g/mol. The first-order valence-corrected chi connectivity index (χ1v) is 9.77. The molecule has 3 rings (SSSR count). The molecule has 1 aliphatic heterocycles. The van der Waals surface area contributed by atoms with Crippen molar-refractivity contribution in [1.29, 1.82) is 0 Å². The molecule has 1 N–H and O–H groups in total. The van der Waals surface area contributed by atoms with Crippen LogP contribution < -0.4 is 5.32 Å². The maximum atomic E-state index is 12.7. The number of nitrogens with one attached hydrogen (secondary N) is 1. The number of hydrogen-bond donors (Lipinski definition) is 1. The topological polar surface area (TPSA) is 74.7 Å². The van der Waals surface area contributed by atoms with Crippen molar-refractivity contribution in [2.24, 2.45) is 4.99 Å². The predicted octanol–water partition coefficient (Wildman–Crippen LogP) is 3.60. The molecular weight excluding hydrogens is 368 g/mol. The van der Waals surface area contributed by atoms with Gasteiger partial charge in [0.2, 0.25) is 16.9 Å². The Bertz CT molecular complexity index is 849. The van der Waals surface area contributed by atoms with Crippen molar-refractivity contribution in [1.82, 2.24) is 9.88 Å². The van der Waals surface area contributed by atoms with E-state index in [1.807, 2.05) is 36.6 Å². The van der Waals surface area contributed by atoms with Gasteiger partial charge < -0.3 is 5.32 Å². The van der Waals surface area contributed by atoms with E-state index in [4.69, 9.17) is 0 Å². The van der Waals surface area contributed by atoms with Crippen LogP contribution >= 0.6 is 23.1 Å². The lowest BCUT2D eigenvalue weighted by Crippen LogP contribution is -2.33. The third kappa shape index (κ3) is 4.20. The van der Waals surface area contributed by atoms with E-state index in [1.165, 1.54) is 23.1 Å². The fourth-order valence-corrected chi connectivity index (χ4v) is 4.17.